The van der Waals surface area contributed by atoms with E-state index in [-0.39, 0.29) is 0 Å². The highest BCUT2D eigenvalue weighted by molar-refractivity contribution is 6.42. The molecule has 1 heterocycles. The number of nitrogens with zero attached hydrogens (tertiary/aromatic N) is 3. The summed E-state index contributed by atoms with van der Waals surface area (Å²) in [6, 6.07) is 20.6. The fraction of sp³-hybridized carbons (Fsp3) is 0.0455. The minimum atomic E-state index is 0.451. The van der Waals surface area contributed by atoms with Gasteiger partial charge in [-0.15, -0.1) is 0 Å². The van der Waals surface area contributed by atoms with Gasteiger partial charge in [0, 0.05) is 16.0 Å². The summed E-state index contributed by atoms with van der Waals surface area (Å²) in [5.41, 5.74) is 6.42. The minimum absolute atomic E-state index is 0.451. The molecule has 0 aliphatic rings. The van der Waals surface area contributed by atoms with Crippen LogP contribution < -0.4 is 5.43 Å². The number of halogens is 3. The van der Waals surface area contributed by atoms with Crippen LogP contribution in [0.4, 0.5) is 5.82 Å². The average Bonchev–Trinajstić information content (AvgIpc) is 2.74. The first-order valence-electron chi connectivity index (χ1n) is 8.80. The SMILES string of the molecule is C/C(=N/Nc1nc(-c2ccc(Cl)c(Cl)c2)nc2ccccc12)c1ccc(Cl)cc1. The number of nitrogens with one attached hydrogen (secondary N) is 1. The number of anilines is 1. The fourth-order valence-electron chi connectivity index (χ4n) is 2.82. The number of aromatic nitrogens is 2. The number of rotatable bonds is 4. The zero-order valence-corrected chi connectivity index (χ0v) is 17.6. The van der Waals surface area contributed by atoms with Gasteiger partial charge in [-0.25, -0.2) is 9.97 Å². The Hall–Kier alpha value is -2.66. The second-order valence-electron chi connectivity index (χ2n) is 6.36. The second-order valence-corrected chi connectivity index (χ2v) is 7.61. The zero-order chi connectivity index (χ0) is 20.4. The number of fused-ring (bicyclic) bond motifs is 1. The lowest BCUT2D eigenvalue weighted by molar-refractivity contribution is 1.18. The van der Waals surface area contributed by atoms with Gasteiger partial charge in [-0.3, -0.25) is 5.43 Å². The lowest BCUT2D eigenvalue weighted by atomic mass is 10.1. The van der Waals surface area contributed by atoms with Crippen molar-refractivity contribution in [1.82, 2.24) is 9.97 Å². The van der Waals surface area contributed by atoms with Crippen molar-refractivity contribution in [3.05, 3.63) is 87.4 Å². The number of benzene rings is 3. The third kappa shape index (κ3) is 4.35. The Morgan fingerprint density at radius 2 is 1.62 bits per heavy atom. The van der Waals surface area contributed by atoms with Crippen molar-refractivity contribution in [1.29, 1.82) is 0 Å². The molecule has 7 heteroatoms. The summed E-state index contributed by atoms with van der Waals surface area (Å²) < 4.78 is 0. The van der Waals surface area contributed by atoms with Crippen molar-refractivity contribution in [2.24, 2.45) is 5.10 Å². The summed E-state index contributed by atoms with van der Waals surface area (Å²) in [5.74, 6) is 1.13. The molecule has 29 heavy (non-hydrogen) atoms. The van der Waals surface area contributed by atoms with Crippen LogP contribution in [0.15, 0.2) is 71.8 Å². The van der Waals surface area contributed by atoms with Gasteiger partial charge in [0.2, 0.25) is 0 Å². The van der Waals surface area contributed by atoms with E-state index in [1.807, 2.05) is 61.5 Å². The van der Waals surface area contributed by atoms with Crippen LogP contribution in [-0.4, -0.2) is 15.7 Å². The Labute approximate surface area is 183 Å². The third-order valence-electron chi connectivity index (χ3n) is 4.37. The fourth-order valence-corrected chi connectivity index (χ4v) is 3.24. The van der Waals surface area contributed by atoms with E-state index in [0.29, 0.717) is 26.7 Å². The van der Waals surface area contributed by atoms with Gasteiger partial charge in [0.15, 0.2) is 11.6 Å². The molecule has 4 rings (SSSR count). The molecule has 0 aliphatic heterocycles. The summed E-state index contributed by atoms with van der Waals surface area (Å²) >= 11 is 18.2. The second kappa shape index (κ2) is 8.37. The summed E-state index contributed by atoms with van der Waals surface area (Å²) in [4.78, 5) is 9.33. The van der Waals surface area contributed by atoms with Crippen LogP contribution >= 0.6 is 34.8 Å². The van der Waals surface area contributed by atoms with E-state index in [9.17, 15) is 0 Å². The van der Waals surface area contributed by atoms with E-state index in [0.717, 1.165) is 27.7 Å². The van der Waals surface area contributed by atoms with Gasteiger partial charge in [-0.05, 0) is 55.0 Å². The summed E-state index contributed by atoms with van der Waals surface area (Å²) in [6.07, 6.45) is 0. The van der Waals surface area contributed by atoms with E-state index < -0.39 is 0 Å². The van der Waals surface area contributed by atoms with Gasteiger partial charge in [0.1, 0.15) is 0 Å². The molecular weight excluding hydrogens is 427 g/mol. The standard InChI is InChI=1S/C22H15Cl3N4/c1-13(14-6-9-16(23)10-7-14)28-29-22-17-4-2-3-5-20(17)26-21(27-22)15-8-11-18(24)19(25)12-15/h2-12H,1H3,(H,26,27,29)/b28-13-. The molecule has 0 aliphatic carbocycles. The first-order chi connectivity index (χ1) is 14.0. The molecule has 0 saturated carbocycles. The molecule has 4 aromatic rings. The average molecular weight is 442 g/mol. The van der Waals surface area contributed by atoms with Crippen LogP contribution in [0.2, 0.25) is 15.1 Å². The van der Waals surface area contributed by atoms with E-state index in [2.05, 4.69) is 20.5 Å². The van der Waals surface area contributed by atoms with E-state index in [1.54, 1.807) is 12.1 Å². The predicted molar refractivity (Wildman–Crippen MR) is 122 cm³/mol. The van der Waals surface area contributed by atoms with Gasteiger partial charge in [-0.2, -0.15) is 5.10 Å². The van der Waals surface area contributed by atoms with Crippen LogP contribution in [0.3, 0.4) is 0 Å². The molecule has 0 spiro atoms. The van der Waals surface area contributed by atoms with Crippen molar-refractivity contribution >= 4 is 57.2 Å². The van der Waals surface area contributed by atoms with Crippen LogP contribution in [0.1, 0.15) is 12.5 Å². The molecule has 0 atom stereocenters. The van der Waals surface area contributed by atoms with E-state index in [4.69, 9.17) is 34.8 Å². The molecule has 0 saturated heterocycles. The summed E-state index contributed by atoms with van der Waals surface area (Å²) in [5, 5.41) is 6.98. The first kappa shape index (κ1) is 19.6. The van der Waals surface area contributed by atoms with Crippen LogP contribution in [-0.2, 0) is 0 Å². The quantitative estimate of drug-likeness (QED) is 0.271. The van der Waals surface area contributed by atoms with Gasteiger partial charge in [0.25, 0.3) is 0 Å². The van der Waals surface area contributed by atoms with Gasteiger partial charge in [0.05, 0.1) is 21.3 Å². The highest BCUT2D eigenvalue weighted by Crippen LogP contribution is 2.29. The normalized spacial score (nSPS) is 11.7. The predicted octanol–water partition coefficient (Wildman–Crippen LogP) is 7.09. The maximum Gasteiger partial charge on any atom is 0.162 e. The highest BCUT2D eigenvalue weighted by Gasteiger charge is 2.11. The molecular formula is C22H15Cl3N4. The Bertz CT molecular complexity index is 1220. The van der Waals surface area contributed by atoms with Crippen molar-refractivity contribution in [2.45, 2.75) is 6.92 Å². The maximum absolute atomic E-state index is 6.17. The first-order valence-corrected chi connectivity index (χ1v) is 9.93. The van der Waals surface area contributed by atoms with E-state index >= 15 is 0 Å². The smallest absolute Gasteiger partial charge is 0.162 e. The number of hydrazone groups is 1. The zero-order valence-electron chi connectivity index (χ0n) is 15.3. The molecule has 0 amide bonds. The van der Waals surface area contributed by atoms with Crippen molar-refractivity contribution in [3.63, 3.8) is 0 Å². The molecule has 0 unspecified atom stereocenters. The van der Waals surface area contributed by atoms with Gasteiger partial charge in [-0.1, -0.05) is 59.1 Å². The molecule has 1 N–H and O–H groups in total. The largest absolute Gasteiger partial charge is 0.260 e. The molecule has 4 nitrogen and oxygen atoms in total. The van der Waals surface area contributed by atoms with Crippen molar-refractivity contribution in [2.75, 3.05) is 5.43 Å². The van der Waals surface area contributed by atoms with Crippen LogP contribution in [0, 0.1) is 0 Å². The Morgan fingerprint density at radius 3 is 2.38 bits per heavy atom. The number of para-hydroxylation sites is 1. The topological polar surface area (TPSA) is 50.2 Å². The Kier molecular flexibility index (Phi) is 5.67. The van der Waals surface area contributed by atoms with Crippen LogP contribution in [0.25, 0.3) is 22.3 Å². The highest BCUT2D eigenvalue weighted by atomic mass is 35.5. The number of hydrogen-bond donors (Lipinski definition) is 1. The van der Waals surface area contributed by atoms with Gasteiger partial charge >= 0.3 is 0 Å². The van der Waals surface area contributed by atoms with Crippen LogP contribution in [0.5, 0.6) is 0 Å². The minimum Gasteiger partial charge on any atom is -0.260 e. The van der Waals surface area contributed by atoms with E-state index in [1.165, 1.54) is 0 Å². The van der Waals surface area contributed by atoms with Crippen molar-refractivity contribution in [3.8, 4) is 11.4 Å². The maximum atomic E-state index is 6.17. The molecule has 0 bridgehead atoms. The Morgan fingerprint density at radius 1 is 0.862 bits per heavy atom. The molecule has 144 valence electrons. The number of hydrogen-bond acceptors (Lipinski definition) is 4. The Balaban J connectivity index is 1.75. The third-order valence-corrected chi connectivity index (χ3v) is 5.36. The lowest BCUT2D eigenvalue weighted by Crippen LogP contribution is -2.03. The molecule has 0 radical (unpaired) electrons. The summed E-state index contributed by atoms with van der Waals surface area (Å²) in [7, 11) is 0. The van der Waals surface area contributed by atoms with Gasteiger partial charge < -0.3 is 0 Å². The molecule has 0 fully saturated rings. The molecule has 3 aromatic carbocycles. The van der Waals surface area contributed by atoms with Crippen molar-refractivity contribution < 1.29 is 0 Å². The monoisotopic (exact) mass is 440 g/mol. The summed E-state index contributed by atoms with van der Waals surface area (Å²) in [6.45, 7) is 1.92. The lowest BCUT2D eigenvalue weighted by Gasteiger charge is -2.10. The molecule has 1 aromatic heterocycles.